The average Bonchev–Trinajstić information content (AvgIpc) is 2.52. The summed E-state index contributed by atoms with van der Waals surface area (Å²) in [4.78, 5) is 0. The molecule has 1 aromatic rings. The van der Waals surface area contributed by atoms with Crippen molar-refractivity contribution in [1.82, 2.24) is 15.1 Å². The van der Waals surface area contributed by atoms with E-state index in [9.17, 15) is 0 Å². The van der Waals surface area contributed by atoms with Crippen LogP contribution in [0.15, 0.2) is 6.07 Å². The van der Waals surface area contributed by atoms with Gasteiger partial charge in [-0.3, -0.25) is 4.68 Å². The largest absolute Gasteiger partial charge is 0.316 e. The van der Waals surface area contributed by atoms with Crippen molar-refractivity contribution in [3.05, 3.63) is 17.5 Å². The second-order valence-electron chi connectivity index (χ2n) is 5.10. The van der Waals surface area contributed by atoms with E-state index in [0.29, 0.717) is 17.9 Å². The minimum atomic E-state index is 0.523. The Labute approximate surface area is 99.2 Å². The predicted molar refractivity (Wildman–Crippen MR) is 68.5 cm³/mol. The molecule has 0 saturated carbocycles. The van der Waals surface area contributed by atoms with Gasteiger partial charge in [0.15, 0.2) is 0 Å². The Morgan fingerprint density at radius 1 is 1.38 bits per heavy atom. The molecule has 0 amide bonds. The molecule has 0 aliphatic heterocycles. The second kappa shape index (κ2) is 5.48. The van der Waals surface area contributed by atoms with Gasteiger partial charge in [-0.2, -0.15) is 5.10 Å². The Hall–Kier alpha value is -0.830. The Morgan fingerprint density at radius 3 is 2.38 bits per heavy atom. The summed E-state index contributed by atoms with van der Waals surface area (Å²) in [6, 6.07) is 2.70. The van der Waals surface area contributed by atoms with Gasteiger partial charge in [0, 0.05) is 25.2 Å². The molecule has 2 atom stereocenters. The van der Waals surface area contributed by atoms with Crippen LogP contribution in [-0.4, -0.2) is 22.9 Å². The van der Waals surface area contributed by atoms with E-state index in [2.05, 4.69) is 37.3 Å². The van der Waals surface area contributed by atoms with Crippen LogP contribution in [0.4, 0.5) is 0 Å². The number of nitrogens with zero attached hydrogens (tertiary/aromatic N) is 2. The van der Waals surface area contributed by atoms with Gasteiger partial charge in [-0.1, -0.05) is 20.8 Å². The van der Waals surface area contributed by atoms with E-state index in [-0.39, 0.29) is 0 Å². The highest BCUT2D eigenvalue weighted by Crippen LogP contribution is 2.18. The Bertz CT molecular complexity index is 328. The van der Waals surface area contributed by atoms with E-state index in [1.165, 1.54) is 5.69 Å². The smallest absolute Gasteiger partial charge is 0.0596 e. The molecule has 3 heteroatoms. The topological polar surface area (TPSA) is 29.9 Å². The first-order chi connectivity index (χ1) is 7.45. The fourth-order valence-corrected chi connectivity index (χ4v) is 2.10. The van der Waals surface area contributed by atoms with E-state index in [0.717, 1.165) is 12.1 Å². The summed E-state index contributed by atoms with van der Waals surface area (Å²) in [7, 11) is 4.07. The molecule has 2 unspecified atom stereocenters. The van der Waals surface area contributed by atoms with Crippen molar-refractivity contribution >= 4 is 0 Å². The molecule has 92 valence electrons. The molecule has 0 bridgehead atoms. The quantitative estimate of drug-likeness (QED) is 0.829. The molecule has 0 saturated heterocycles. The Morgan fingerprint density at radius 2 is 2.00 bits per heavy atom. The van der Waals surface area contributed by atoms with Gasteiger partial charge >= 0.3 is 0 Å². The lowest BCUT2D eigenvalue weighted by molar-refractivity contribution is 0.306. The second-order valence-corrected chi connectivity index (χ2v) is 5.10. The van der Waals surface area contributed by atoms with Crippen LogP contribution < -0.4 is 5.32 Å². The van der Waals surface area contributed by atoms with E-state index in [4.69, 9.17) is 0 Å². The standard InChI is InChI=1S/C13H25N3/c1-9(2)11(4)13(14-5)8-12-7-10(3)15-16(12)6/h7,9,11,13-14H,8H2,1-6H3. The highest BCUT2D eigenvalue weighted by Gasteiger charge is 2.20. The molecule has 0 spiro atoms. The fraction of sp³-hybridized carbons (Fsp3) is 0.769. The zero-order chi connectivity index (χ0) is 12.3. The molecular formula is C13H25N3. The van der Waals surface area contributed by atoms with Crippen molar-refractivity contribution in [3.63, 3.8) is 0 Å². The molecule has 0 fully saturated rings. The first kappa shape index (κ1) is 13.2. The summed E-state index contributed by atoms with van der Waals surface area (Å²) in [6.45, 7) is 8.92. The van der Waals surface area contributed by atoms with E-state index < -0.39 is 0 Å². The van der Waals surface area contributed by atoms with Gasteiger partial charge in [0.1, 0.15) is 0 Å². The first-order valence-electron chi connectivity index (χ1n) is 6.12. The van der Waals surface area contributed by atoms with Crippen molar-refractivity contribution in [1.29, 1.82) is 0 Å². The SMILES string of the molecule is CNC(Cc1cc(C)nn1C)C(C)C(C)C. The summed E-state index contributed by atoms with van der Waals surface area (Å²) in [5.41, 5.74) is 2.41. The predicted octanol–water partition coefficient (Wildman–Crippen LogP) is 2.15. The van der Waals surface area contributed by atoms with Crippen LogP contribution in [0.2, 0.25) is 0 Å². The minimum absolute atomic E-state index is 0.523. The van der Waals surface area contributed by atoms with Gasteiger partial charge in [-0.15, -0.1) is 0 Å². The zero-order valence-corrected chi connectivity index (χ0v) is 11.4. The van der Waals surface area contributed by atoms with Crippen molar-refractivity contribution in [2.24, 2.45) is 18.9 Å². The van der Waals surface area contributed by atoms with Crippen LogP contribution >= 0.6 is 0 Å². The third-order valence-electron chi connectivity index (χ3n) is 3.58. The Kier molecular flexibility index (Phi) is 4.54. The highest BCUT2D eigenvalue weighted by atomic mass is 15.3. The maximum Gasteiger partial charge on any atom is 0.0596 e. The molecular weight excluding hydrogens is 198 g/mol. The fourth-order valence-electron chi connectivity index (χ4n) is 2.10. The van der Waals surface area contributed by atoms with Crippen molar-refractivity contribution in [2.75, 3.05) is 7.05 Å². The van der Waals surface area contributed by atoms with Gasteiger partial charge < -0.3 is 5.32 Å². The zero-order valence-electron chi connectivity index (χ0n) is 11.4. The van der Waals surface area contributed by atoms with E-state index in [1.807, 2.05) is 25.7 Å². The highest BCUT2D eigenvalue weighted by molar-refractivity contribution is 5.10. The number of nitrogens with one attached hydrogen (secondary N) is 1. The molecule has 0 aliphatic carbocycles. The molecule has 3 nitrogen and oxygen atoms in total. The lowest BCUT2D eigenvalue weighted by atomic mass is 9.88. The summed E-state index contributed by atoms with van der Waals surface area (Å²) >= 11 is 0. The maximum absolute atomic E-state index is 4.39. The summed E-state index contributed by atoms with van der Waals surface area (Å²) in [5.74, 6) is 1.37. The third kappa shape index (κ3) is 3.08. The van der Waals surface area contributed by atoms with Gasteiger partial charge in [0.05, 0.1) is 5.69 Å². The molecule has 1 N–H and O–H groups in total. The van der Waals surface area contributed by atoms with E-state index >= 15 is 0 Å². The summed E-state index contributed by atoms with van der Waals surface area (Å²) in [5, 5.41) is 7.82. The number of hydrogen-bond acceptors (Lipinski definition) is 2. The molecule has 0 radical (unpaired) electrons. The maximum atomic E-state index is 4.39. The molecule has 0 aromatic carbocycles. The number of aryl methyl sites for hydroxylation is 2. The van der Waals surface area contributed by atoms with Crippen LogP contribution in [0.5, 0.6) is 0 Å². The average molecular weight is 223 g/mol. The van der Waals surface area contributed by atoms with Crippen molar-refractivity contribution in [3.8, 4) is 0 Å². The summed E-state index contributed by atoms with van der Waals surface area (Å²) < 4.78 is 1.99. The number of hydrogen-bond donors (Lipinski definition) is 1. The van der Waals surface area contributed by atoms with Crippen LogP contribution in [0.25, 0.3) is 0 Å². The molecule has 1 heterocycles. The van der Waals surface area contributed by atoms with Crippen molar-refractivity contribution < 1.29 is 0 Å². The van der Waals surface area contributed by atoms with Crippen LogP contribution in [0, 0.1) is 18.8 Å². The molecule has 0 aliphatic rings. The van der Waals surface area contributed by atoms with Gasteiger partial charge in [0.25, 0.3) is 0 Å². The number of rotatable bonds is 5. The van der Waals surface area contributed by atoms with Crippen LogP contribution in [-0.2, 0) is 13.5 Å². The van der Waals surface area contributed by atoms with Crippen LogP contribution in [0.1, 0.15) is 32.2 Å². The van der Waals surface area contributed by atoms with E-state index in [1.54, 1.807) is 0 Å². The Balaban J connectivity index is 2.73. The number of aromatic nitrogens is 2. The molecule has 16 heavy (non-hydrogen) atoms. The van der Waals surface area contributed by atoms with Gasteiger partial charge in [0.2, 0.25) is 0 Å². The van der Waals surface area contributed by atoms with Crippen molar-refractivity contribution in [2.45, 2.75) is 40.2 Å². The first-order valence-corrected chi connectivity index (χ1v) is 6.12. The number of likely N-dealkylation sites (N-methyl/N-ethyl adjacent to an activating group) is 1. The monoisotopic (exact) mass is 223 g/mol. The normalized spacial score (nSPS) is 15.4. The van der Waals surface area contributed by atoms with Gasteiger partial charge in [-0.25, -0.2) is 0 Å². The molecule has 1 rings (SSSR count). The lowest BCUT2D eigenvalue weighted by Crippen LogP contribution is -2.37. The van der Waals surface area contributed by atoms with Crippen LogP contribution in [0.3, 0.4) is 0 Å². The van der Waals surface area contributed by atoms with Gasteiger partial charge in [-0.05, 0) is 31.9 Å². The summed E-state index contributed by atoms with van der Waals surface area (Å²) in [6.07, 6.45) is 1.05. The molecule has 1 aromatic heterocycles. The minimum Gasteiger partial charge on any atom is -0.316 e. The lowest BCUT2D eigenvalue weighted by Gasteiger charge is -2.26. The third-order valence-corrected chi connectivity index (χ3v) is 3.58.